The number of carbonyl (C=O) groups excluding carboxylic acids is 2. The molecular weight excluding hydrogens is 442 g/mol. The zero-order valence-corrected chi connectivity index (χ0v) is 16.9. The molecular formula is C17H21Br2NO4. The van der Waals surface area contributed by atoms with Gasteiger partial charge in [-0.25, -0.2) is 9.59 Å². The summed E-state index contributed by atoms with van der Waals surface area (Å²) in [5.74, 6) is -0.273. The highest BCUT2D eigenvalue weighted by Crippen LogP contribution is 2.30. The van der Waals surface area contributed by atoms with E-state index in [-0.39, 0.29) is 0 Å². The molecule has 0 aliphatic carbocycles. The minimum Gasteiger partial charge on any atom is -0.456 e. The molecule has 2 rings (SSSR count). The molecule has 132 valence electrons. The Morgan fingerprint density at radius 3 is 2.54 bits per heavy atom. The van der Waals surface area contributed by atoms with Crippen molar-refractivity contribution in [3.63, 3.8) is 0 Å². The van der Waals surface area contributed by atoms with E-state index in [0.29, 0.717) is 17.2 Å². The fraction of sp³-hybridized carbons (Fsp3) is 0.529. The van der Waals surface area contributed by atoms with Gasteiger partial charge in [-0.1, -0.05) is 37.9 Å². The number of hydrogen-bond donors (Lipinski definition) is 1. The molecule has 1 fully saturated rings. The predicted molar refractivity (Wildman–Crippen MR) is 98.8 cm³/mol. The van der Waals surface area contributed by atoms with Gasteiger partial charge in [0.05, 0.1) is 5.56 Å². The maximum Gasteiger partial charge on any atom is 0.338 e. The van der Waals surface area contributed by atoms with Crippen molar-refractivity contribution in [2.45, 2.75) is 36.0 Å². The van der Waals surface area contributed by atoms with Gasteiger partial charge in [-0.15, -0.1) is 0 Å². The van der Waals surface area contributed by atoms with Crippen molar-refractivity contribution in [2.24, 2.45) is 5.92 Å². The Hall–Kier alpha value is -0.920. The van der Waals surface area contributed by atoms with Crippen molar-refractivity contribution in [1.82, 2.24) is 5.32 Å². The van der Waals surface area contributed by atoms with Crippen molar-refractivity contribution < 1.29 is 19.1 Å². The summed E-state index contributed by atoms with van der Waals surface area (Å²) in [5.41, 5.74) is -0.175. The van der Waals surface area contributed by atoms with Crippen LogP contribution in [0.2, 0.25) is 0 Å². The van der Waals surface area contributed by atoms with E-state index in [9.17, 15) is 9.59 Å². The first-order chi connectivity index (χ1) is 11.3. The zero-order chi connectivity index (χ0) is 17.7. The number of hydrogen-bond acceptors (Lipinski definition) is 5. The van der Waals surface area contributed by atoms with Crippen LogP contribution < -0.4 is 10.1 Å². The highest BCUT2D eigenvalue weighted by molar-refractivity contribution is 9.25. The van der Waals surface area contributed by atoms with Crippen molar-refractivity contribution >= 4 is 43.8 Å². The summed E-state index contributed by atoms with van der Waals surface area (Å²) < 4.78 is 10.3. The van der Waals surface area contributed by atoms with Crippen LogP contribution in [0.3, 0.4) is 0 Å². The number of carbonyl (C=O) groups is 2. The van der Waals surface area contributed by atoms with Crippen LogP contribution >= 0.6 is 31.9 Å². The molecule has 1 heterocycles. The van der Waals surface area contributed by atoms with Crippen molar-refractivity contribution in [2.75, 3.05) is 13.1 Å². The van der Waals surface area contributed by atoms with Crippen LogP contribution in [0.1, 0.15) is 37.0 Å². The highest BCUT2D eigenvalue weighted by Gasteiger charge is 2.34. The molecule has 1 saturated heterocycles. The van der Waals surface area contributed by atoms with E-state index in [2.05, 4.69) is 37.2 Å². The Morgan fingerprint density at radius 2 is 1.92 bits per heavy atom. The topological polar surface area (TPSA) is 64.6 Å². The van der Waals surface area contributed by atoms with Gasteiger partial charge < -0.3 is 14.8 Å². The Kier molecular flexibility index (Phi) is 6.83. The standard InChI is InChI=1S/C17H21Br2NO4/c1-17(2,12-6-8-20-9-7-12)24-15(21)11-4-3-5-13(10-11)23-16(22)14(18)19/h3-5,10,12,14,20H,6-9H2,1-2H3. The van der Waals surface area contributed by atoms with E-state index in [4.69, 9.17) is 9.47 Å². The molecule has 1 aliphatic heterocycles. The smallest absolute Gasteiger partial charge is 0.338 e. The van der Waals surface area contributed by atoms with Crippen molar-refractivity contribution in [1.29, 1.82) is 0 Å². The van der Waals surface area contributed by atoms with E-state index in [1.54, 1.807) is 18.2 Å². The monoisotopic (exact) mass is 461 g/mol. The fourth-order valence-electron chi connectivity index (χ4n) is 2.75. The third-order valence-corrected chi connectivity index (χ3v) is 4.89. The lowest BCUT2D eigenvalue weighted by Gasteiger charge is -2.36. The minimum atomic E-state index is -0.598. The first-order valence-corrected chi connectivity index (χ1v) is 9.66. The molecule has 7 heteroatoms. The molecule has 0 atom stereocenters. The zero-order valence-electron chi connectivity index (χ0n) is 13.7. The molecule has 0 saturated carbocycles. The molecule has 1 aromatic carbocycles. The predicted octanol–water partition coefficient (Wildman–Crippen LogP) is 3.64. The first kappa shape index (κ1) is 19.4. The summed E-state index contributed by atoms with van der Waals surface area (Å²) in [4.78, 5) is 24.1. The summed E-state index contributed by atoms with van der Waals surface area (Å²) in [6, 6.07) is 6.45. The van der Waals surface area contributed by atoms with Gasteiger partial charge in [0, 0.05) is 5.92 Å². The largest absolute Gasteiger partial charge is 0.456 e. The van der Waals surface area contributed by atoms with E-state index in [1.807, 2.05) is 13.8 Å². The second-order valence-electron chi connectivity index (χ2n) is 6.27. The van der Waals surface area contributed by atoms with E-state index >= 15 is 0 Å². The van der Waals surface area contributed by atoms with Gasteiger partial charge in [0.15, 0.2) is 3.74 Å². The molecule has 1 N–H and O–H groups in total. The number of ether oxygens (including phenoxy) is 2. The molecule has 5 nitrogen and oxygen atoms in total. The molecule has 0 unspecified atom stereocenters. The lowest BCUT2D eigenvalue weighted by Crippen LogP contribution is -2.42. The maximum atomic E-state index is 12.5. The van der Waals surface area contributed by atoms with Crippen LogP contribution in [0.25, 0.3) is 0 Å². The quantitative estimate of drug-likeness (QED) is 0.411. The molecule has 1 aliphatic rings. The third-order valence-electron chi connectivity index (χ3n) is 4.14. The second kappa shape index (κ2) is 8.45. The molecule has 0 bridgehead atoms. The third kappa shape index (κ3) is 5.29. The minimum absolute atomic E-state index is 0.304. The van der Waals surface area contributed by atoms with Crippen LogP contribution in [-0.4, -0.2) is 34.4 Å². The van der Waals surface area contributed by atoms with Gasteiger partial charge in [-0.3, -0.25) is 0 Å². The number of halogens is 2. The summed E-state index contributed by atoms with van der Waals surface area (Å²) in [6.45, 7) is 5.78. The van der Waals surface area contributed by atoms with E-state index < -0.39 is 21.3 Å². The van der Waals surface area contributed by atoms with Crippen LogP contribution in [-0.2, 0) is 9.53 Å². The van der Waals surface area contributed by atoms with Crippen LogP contribution in [0, 0.1) is 5.92 Å². The Labute approximate surface area is 158 Å². The van der Waals surface area contributed by atoms with Gasteiger partial charge in [0.25, 0.3) is 0 Å². The SMILES string of the molecule is CC(C)(OC(=O)c1cccc(OC(=O)C(Br)Br)c1)C1CCNCC1. The van der Waals surface area contributed by atoms with Gasteiger partial charge in [0.1, 0.15) is 11.4 Å². The molecule has 0 aromatic heterocycles. The molecule has 24 heavy (non-hydrogen) atoms. The summed E-state index contributed by atoms with van der Waals surface area (Å²) >= 11 is 6.15. The number of alkyl halides is 2. The number of esters is 2. The maximum absolute atomic E-state index is 12.5. The highest BCUT2D eigenvalue weighted by atomic mass is 79.9. The van der Waals surface area contributed by atoms with Crippen molar-refractivity contribution in [3.8, 4) is 5.75 Å². The number of piperidine rings is 1. The number of rotatable bonds is 5. The van der Waals surface area contributed by atoms with Crippen LogP contribution in [0.15, 0.2) is 24.3 Å². The van der Waals surface area contributed by atoms with Gasteiger partial charge in [-0.2, -0.15) is 0 Å². The Morgan fingerprint density at radius 1 is 1.25 bits per heavy atom. The van der Waals surface area contributed by atoms with Crippen LogP contribution in [0.4, 0.5) is 0 Å². The molecule has 0 amide bonds. The summed E-state index contributed by atoms with van der Waals surface area (Å²) in [6.07, 6.45) is 1.96. The van der Waals surface area contributed by atoms with Gasteiger partial charge in [0.2, 0.25) is 0 Å². The normalized spacial score (nSPS) is 16.0. The second-order valence-corrected chi connectivity index (χ2v) is 9.33. The molecule has 0 radical (unpaired) electrons. The molecule has 1 aromatic rings. The first-order valence-electron chi connectivity index (χ1n) is 7.83. The summed E-state index contributed by atoms with van der Waals surface area (Å²) in [7, 11) is 0. The number of nitrogens with one attached hydrogen (secondary N) is 1. The Balaban J connectivity index is 2.05. The molecule has 0 spiro atoms. The van der Waals surface area contributed by atoms with E-state index in [0.717, 1.165) is 25.9 Å². The van der Waals surface area contributed by atoms with E-state index in [1.165, 1.54) is 6.07 Å². The average molecular weight is 463 g/mol. The van der Waals surface area contributed by atoms with Crippen molar-refractivity contribution in [3.05, 3.63) is 29.8 Å². The Bertz CT molecular complexity index is 598. The lowest BCUT2D eigenvalue weighted by molar-refractivity contribution is -0.131. The van der Waals surface area contributed by atoms with Crippen LogP contribution in [0.5, 0.6) is 5.75 Å². The number of benzene rings is 1. The van der Waals surface area contributed by atoms with Gasteiger partial charge >= 0.3 is 11.9 Å². The van der Waals surface area contributed by atoms with Gasteiger partial charge in [-0.05, 0) is 58.0 Å². The summed E-state index contributed by atoms with van der Waals surface area (Å²) in [5, 5.41) is 3.31. The lowest BCUT2D eigenvalue weighted by atomic mass is 9.83. The average Bonchev–Trinajstić information content (AvgIpc) is 2.55. The fourth-order valence-corrected chi connectivity index (χ4v) is 2.93.